The van der Waals surface area contributed by atoms with Crippen molar-refractivity contribution in [3.8, 4) is 0 Å². The van der Waals surface area contributed by atoms with Crippen LogP contribution in [0.25, 0.3) is 0 Å². The molecule has 0 saturated heterocycles. The van der Waals surface area contributed by atoms with Gasteiger partial charge in [0.1, 0.15) is 0 Å². The zero-order valence-electron chi connectivity index (χ0n) is 12.8. The monoisotopic (exact) mass is 298 g/mol. The van der Waals surface area contributed by atoms with Crippen LogP contribution < -0.4 is 10.6 Å². The molecule has 0 aliphatic heterocycles. The van der Waals surface area contributed by atoms with Gasteiger partial charge in [-0.1, -0.05) is 38.1 Å². The summed E-state index contributed by atoms with van der Waals surface area (Å²) in [5.74, 6) is 0.594. The van der Waals surface area contributed by atoms with Crippen molar-refractivity contribution in [3.05, 3.63) is 59.7 Å². The minimum Gasteiger partial charge on any atom is -0.332 e. The zero-order chi connectivity index (χ0) is 15.2. The second-order valence-corrected chi connectivity index (χ2v) is 5.79. The van der Waals surface area contributed by atoms with Gasteiger partial charge in [-0.2, -0.15) is 0 Å². The topological polar surface area (TPSA) is 24.1 Å². The van der Waals surface area contributed by atoms with Gasteiger partial charge in [-0.25, -0.2) is 0 Å². The average molecular weight is 298 g/mol. The summed E-state index contributed by atoms with van der Waals surface area (Å²) in [6, 6.07) is 16.6. The summed E-state index contributed by atoms with van der Waals surface area (Å²) in [5, 5.41) is 7.02. The van der Waals surface area contributed by atoms with Gasteiger partial charge in [0.25, 0.3) is 0 Å². The predicted octanol–water partition coefficient (Wildman–Crippen LogP) is 5.32. The number of rotatable bonds is 4. The Bertz CT molecular complexity index is 605. The van der Waals surface area contributed by atoms with Crippen LogP contribution in [-0.4, -0.2) is 5.11 Å². The number of aryl methyl sites for hydroxylation is 1. The fraction of sp³-hybridized carbons (Fsp3) is 0.278. The Morgan fingerprint density at radius 3 is 2.33 bits per heavy atom. The molecule has 0 aliphatic carbocycles. The minimum absolute atomic E-state index is 0.594. The quantitative estimate of drug-likeness (QED) is 0.747. The van der Waals surface area contributed by atoms with Crippen molar-refractivity contribution in [1.29, 1.82) is 0 Å². The molecule has 21 heavy (non-hydrogen) atoms. The first-order chi connectivity index (χ1) is 10.1. The molecule has 0 radical (unpaired) electrons. The molecule has 0 spiro atoms. The summed E-state index contributed by atoms with van der Waals surface area (Å²) < 4.78 is 0. The number of benzene rings is 2. The van der Waals surface area contributed by atoms with E-state index in [1.165, 1.54) is 11.1 Å². The summed E-state index contributed by atoms with van der Waals surface area (Å²) in [5.41, 5.74) is 4.58. The number of hydrogen-bond acceptors (Lipinski definition) is 1. The van der Waals surface area contributed by atoms with E-state index in [1.807, 2.05) is 12.1 Å². The van der Waals surface area contributed by atoms with Crippen molar-refractivity contribution in [2.75, 3.05) is 10.6 Å². The van der Waals surface area contributed by atoms with Crippen LogP contribution in [0.2, 0.25) is 0 Å². The van der Waals surface area contributed by atoms with Gasteiger partial charge < -0.3 is 10.6 Å². The summed E-state index contributed by atoms with van der Waals surface area (Å²) in [4.78, 5) is 0. The Morgan fingerprint density at radius 2 is 1.71 bits per heavy atom. The molecule has 0 aromatic heterocycles. The highest BCUT2D eigenvalue weighted by molar-refractivity contribution is 7.80. The fourth-order valence-corrected chi connectivity index (χ4v) is 2.38. The third-order valence-corrected chi connectivity index (χ3v) is 3.83. The van der Waals surface area contributed by atoms with E-state index in [2.05, 4.69) is 67.8 Å². The van der Waals surface area contributed by atoms with Gasteiger partial charge in [0, 0.05) is 11.4 Å². The summed E-state index contributed by atoms with van der Waals surface area (Å²) >= 11 is 5.35. The molecule has 110 valence electrons. The lowest BCUT2D eigenvalue weighted by atomic mass is 9.99. The first-order valence-corrected chi connectivity index (χ1v) is 7.74. The third-order valence-electron chi connectivity index (χ3n) is 3.63. The van der Waals surface area contributed by atoms with Gasteiger partial charge in [0.2, 0.25) is 0 Å². The molecule has 2 aromatic rings. The van der Waals surface area contributed by atoms with Gasteiger partial charge in [0.15, 0.2) is 5.11 Å². The molecule has 0 saturated carbocycles. The lowest BCUT2D eigenvalue weighted by Crippen LogP contribution is -2.19. The molecule has 2 N–H and O–H groups in total. The van der Waals surface area contributed by atoms with Crippen LogP contribution in [0, 0.1) is 6.92 Å². The SMILES string of the molecule is CC[C@H](C)c1ccc(NC(=S)Nc2cccc(C)c2)cc1. The van der Waals surface area contributed by atoms with Crippen LogP contribution in [0.1, 0.15) is 37.3 Å². The summed E-state index contributed by atoms with van der Waals surface area (Å²) in [6.07, 6.45) is 1.15. The van der Waals surface area contributed by atoms with Crippen molar-refractivity contribution in [1.82, 2.24) is 0 Å². The summed E-state index contributed by atoms with van der Waals surface area (Å²) in [7, 11) is 0. The van der Waals surface area contributed by atoms with E-state index in [0.29, 0.717) is 11.0 Å². The van der Waals surface area contributed by atoms with Gasteiger partial charge in [-0.05, 0) is 66.9 Å². The maximum atomic E-state index is 5.35. The summed E-state index contributed by atoms with van der Waals surface area (Å²) in [6.45, 7) is 6.51. The Labute approximate surface area is 132 Å². The molecule has 3 heteroatoms. The van der Waals surface area contributed by atoms with E-state index in [4.69, 9.17) is 12.2 Å². The standard InChI is InChI=1S/C18H22N2S/c1-4-14(3)15-8-10-16(11-9-15)19-18(21)20-17-7-5-6-13(2)12-17/h5-12,14H,4H2,1-3H3,(H2,19,20,21)/t14-/m0/s1. The predicted molar refractivity (Wildman–Crippen MR) is 96.2 cm³/mol. The minimum atomic E-state index is 0.594. The van der Waals surface area contributed by atoms with Crippen molar-refractivity contribution in [3.63, 3.8) is 0 Å². The molecule has 2 nitrogen and oxygen atoms in total. The highest BCUT2D eigenvalue weighted by atomic mass is 32.1. The van der Waals surface area contributed by atoms with Gasteiger partial charge >= 0.3 is 0 Å². The number of anilines is 2. The van der Waals surface area contributed by atoms with E-state index < -0.39 is 0 Å². The van der Waals surface area contributed by atoms with Crippen molar-refractivity contribution in [2.45, 2.75) is 33.1 Å². The van der Waals surface area contributed by atoms with E-state index in [-0.39, 0.29) is 0 Å². The van der Waals surface area contributed by atoms with Crippen molar-refractivity contribution >= 4 is 28.7 Å². The molecule has 2 aromatic carbocycles. The van der Waals surface area contributed by atoms with E-state index >= 15 is 0 Å². The molecule has 0 unspecified atom stereocenters. The molecular formula is C18H22N2S. The first kappa shape index (κ1) is 15.5. The van der Waals surface area contributed by atoms with Gasteiger partial charge in [-0.15, -0.1) is 0 Å². The van der Waals surface area contributed by atoms with Crippen LogP contribution in [0.3, 0.4) is 0 Å². The maximum Gasteiger partial charge on any atom is 0.175 e. The molecule has 1 atom stereocenters. The van der Waals surface area contributed by atoms with Crippen LogP contribution >= 0.6 is 12.2 Å². The first-order valence-electron chi connectivity index (χ1n) is 7.33. The van der Waals surface area contributed by atoms with E-state index in [0.717, 1.165) is 17.8 Å². The highest BCUT2D eigenvalue weighted by Crippen LogP contribution is 2.20. The smallest absolute Gasteiger partial charge is 0.175 e. The molecule has 0 fully saturated rings. The van der Waals surface area contributed by atoms with E-state index in [9.17, 15) is 0 Å². The van der Waals surface area contributed by atoms with Crippen LogP contribution in [0.5, 0.6) is 0 Å². The highest BCUT2D eigenvalue weighted by Gasteiger charge is 2.03. The third kappa shape index (κ3) is 4.57. The van der Waals surface area contributed by atoms with E-state index in [1.54, 1.807) is 0 Å². The molecule has 0 amide bonds. The Balaban J connectivity index is 1.96. The Hall–Kier alpha value is -1.87. The van der Waals surface area contributed by atoms with Crippen LogP contribution in [0.15, 0.2) is 48.5 Å². The number of nitrogens with one attached hydrogen (secondary N) is 2. The lowest BCUT2D eigenvalue weighted by molar-refractivity contribution is 0.734. The lowest BCUT2D eigenvalue weighted by Gasteiger charge is -2.13. The second-order valence-electron chi connectivity index (χ2n) is 5.38. The van der Waals surface area contributed by atoms with Crippen molar-refractivity contribution in [2.24, 2.45) is 0 Å². The average Bonchev–Trinajstić information content (AvgIpc) is 2.47. The molecular weight excluding hydrogens is 276 g/mol. The second kappa shape index (κ2) is 7.23. The molecule has 0 aliphatic rings. The number of hydrogen-bond donors (Lipinski definition) is 2. The van der Waals surface area contributed by atoms with Crippen LogP contribution in [0.4, 0.5) is 11.4 Å². The van der Waals surface area contributed by atoms with Crippen LogP contribution in [-0.2, 0) is 0 Å². The fourth-order valence-electron chi connectivity index (χ4n) is 2.15. The molecule has 0 bridgehead atoms. The normalized spacial score (nSPS) is 11.8. The molecule has 2 rings (SSSR count). The van der Waals surface area contributed by atoms with Gasteiger partial charge in [0.05, 0.1) is 0 Å². The zero-order valence-corrected chi connectivity index (χ0v) is 13.6. The largest absolute Gasteiger partial charge is 0.332 e. The van der Waals surface area contributed by atoms with Gasteiger partial charge in [-0.3, -0.25) is 0 Å². The maximum absolute atomic E-state index is 5.35. The Morgan fingerprint density at radius 1 is 1.05 bits per heavy atom. The number of thiocarbonyl (C=S) groups is 1. The molecule has 0 heterocycles. The van der Waals surface area contributed by atoms with Crippen molar-refractivity contribution < 1.29 is 0 Å². The Kier molecular flexibility index (Phi) is 5.34.